The summed E-state index contributed by atoms with van der Waals surface area (Å²) in [6.45, 7) is 9.46. The van der Waals surface area contributed by atoms with Gasteiger partial charge in [-0.3, -0.25) is 14.4 Å². The average Bonchev–Trinajstić information content (AvgIpc) is 3.69. The van der Waals surface area contributed by atoms with Gasteiger partial charge in [-0.05, 0) is 50.3 Å². The molecule has 3 saturated heterocycles. The molecule has 2 aromatic carbocycles. The van der Waals surface area contributed by atoms with Crippen LogP contribution in [0, 0.1) is 17.8 Å². The van der Waals surface area contributed by atoms with Crippen LogP contribution in [0.4, 0.5) is 0 Å². The number of benzene rings is 2. The minimum atomic E-state index is -1.28. The van der Waals surface area contributed by atoms with Crippen molar-refractivity contribution in [2.45, 2.75) is 63.6 Å². The summed E-state index contributed by atoms with van der Waals surface area (Å²) in [5.74, 6) is -3.20. The first kappa shape index (κ1) is 30.0. The summed E-state index contributed by atoms with van der Waals surface area (Å²) in [4.78, 5) is 46.1. The Morgan fingerprint density at radius 1 is 1.23 bits per heavy atom. The van der Waals surface area contributed by atoms with Crippen LogP contribution < -0.4 is 0 Å². The van der Waals surface area contributed by atoms with Gasteiger partial charge in [0.2, 0.25) is 11.8 Å². The van der Waals surface area contributed by atoms with Crippen LogP contribution in [0.1, 0.15) is 32.8 Å². The maximum atomic E-state index is 14.9. The summed E-state index contributed by atoms with van der Waals surface area (Å²) < 4.78 is 14.0. The molecule has 11 heteroatoms. The quantitative estimate of drug-likeness (QED) is 0.263. The standard InChI is InChI=1S/C33H39N5O6/c1-5-16-36(20-37-25-15-11-10-14-24(25)34-35-37)30(41)28-33-18-21(3)32(4,44-33)27(31(42)43-6-2)26(33)29(40)38(28)23(19-39)17-22-12-8-7-9-13-22/h5,7-15,21,23,26-28,39H,1,6,16-20H2,2-4H3/t21?,23-,26+,27-,28?,32+,33?/m1/s1. The van der Waals surface area contributed by atoms with E-state index in [1.807, 2.05) is 68.4 Å². The molecule has 44 heavy (non-hydrogen) atoms. The van der Waals surface area contributed by atoms with E-state index in [1.54, 1.807) is 22.6 Å². The smallest absolute Gasteiger partial charge is 0.312 e. The Morgan fingerprint density at radius 2 is 1.95 bits per heavy atom. The highest BCUT2D eigenvalue weighted by Crippen LogP contribution is 2.65. The number of aliphatic hydroxyl groups is 1. The Kier molecular flexibility index (Phi) is 7.79. The maximum absolute atomic E-state index is 14.9. The Morgan fingerprint density at radius 3 is 2.66 bits per heavy atom. The van der Waals surface area contributed by atoms with Crippen LogP contribution in [0.15, 0.2) is 67.3 Å². The van der Waals surface area contributed by atoms with E-state index >= 15 is 0 Å². The van der Waals surface area contributed by atoms with E-state index in [1.165, 1.54) is 4.90 Å². The largest absolute Gasteiger partial charge is 0.466 e. The molecule has 6 rings (SSSR count). The first-order valence-corrected chi connectivity index (χ1v) is 15.2. The van der Waals surface area contributed by atoms with Gasteiger partial charge in [-0.1, -0.05) is 60.7 Å². The lowest BCUT2D eigenvalue weighted by Crippen LogP contribution is -2.59. The number of fused-ring (bicyclic) bond motifs is 2. The van der Waals surface area contributed by atoms with Gasteiger partial charge in [0, 0.05) is 6.54 Å². The number of hydrogen-bond acceptors (Lipinski definition) is 8. The van der Waals surface area contributed by atoms with Crippen LogP contribution in [0.3, 0.4) is 0 Å². The molecule has 4 heterocycles. The molecular weight excluding hydrogens is 562 g/mol. The number of nitrogens with zero attached hydrogens (tertiary/aromatic N) is 5. The molecule has 232 valence electrons. The fourth-order valence-electron chi connectivity index (χ4n) is 7.81. The molecule has 1 aromatic heterocycles. The van der Waals surface area contributed by atoms with Crippen LogP contribution in [0.5, 0.6) is 0 Å². The number of esters is 1. The number of aromatic nitrogens is 3. The molecule has 1 spiro atoms. The summed E-state index contributed by atoms with van der Waals surface area (Å²) in [5.41, 5.74) is 0.0767. The zero-order valence-corrected chi connectivity index (χ0v) is 25.3. The second-order valence-electron chi connectivity index (χ2n) is 12.3. The van der Waals surface area contributed by atoms with Gasteiger partial charge in [-0.25, -0.2) is 4.68 Å². The van der Waals surface area contributed by atoms with Crippen molar-refractivity contribution in [2.75, 3.05) is 19.8 Å². The summed E-state index contributed by atoms with van der Waals surface area (Å²) in [6.07, 6.45) is 2.35. The molecule has 3 aliphatic heterocycles. The van der Waals surface area contributed by atoms with Crippen molar-refractivity contribution in [3.05, 3.63) is 72.8 Å². The molecule has 2 amide bonds. The Hall–Kier alpha value is -4.09. The third kappa shape index (κ3) is 4.52. The SMILES string of the molecule is C=CCN(Cn1nnc2ccccc21)C(=O)C1N([C@@H](CO)Cc2ccccc2)C(=O)[C@@H]2[C@H](C(=O)OCC)[C@@]3(C)OC12CC3C. The molecule has 2 bridgehead atoms. The zero-order chi connectivity index (χ0) is 31.2. The predicted octanol–water partition coefficient (Wildman–Crippen LogP) is 2.58. The zero-order valence-electron chi connectivity index (χ0n) is 25.3. The summed E-state index contributed by atoms with van der Waals surface area (Å²) in [7, 11) is 0. The number of rotatable bonds is 11. The van der Waals surface area contributed by atoms with Crippen LogP contribution in [0.25, 0.3) is 11.0 Å². The number of para-hydroxylation sites is 1. The lowest BCUT2D eigenvalue weighted by Gasteiger charge is -2.39. The maximum Gasteiger partial charge on any atom is 0.312 e. The van der Waals surface area contributed by atoms with Crippen LogP contribution >= 0.6 is 0 Å². The second-order valence-corrected chi connectivity index (χ2v) is 12.3. The van der Waals surface area contributed by atoms with Gasteiger partial charge in [-0.15, -0.1) is 11.7 Å². The van der Waals surface area contributed by atoms with Gasteiger partial charge >= 0.3 is 5.97 Å². The monoisotopic (exact) mass is 601 g/mol. The molecule has 0 saturated carbocycles. The van der Waals surface area contributed by atoms with Crippen LogP contribution in [-0.4, -0.2) is 90.7 Å². The molecule has 0 aliphatic carbocycles. The minimum Gasteiger partial charge on any atom is -0.466 e. The van der Waals surface area contributed by atoms with Gasteiger partial charge < -0.3 is 24.4 Å². The van der Waals surface area contributed by atoms with E-state index in [9.17, 15) is 19.5 Å². The highest BCUT2D eigenvalue weighted by molar-refractivity contribution is 5.99. The van der Waals surface area contributed by atoms with Crippen molar-refractivity contribution in [3.8, 4) is 0 Å². The fraction of sp³-hybridized carbons (Fsp3) is 0.485. The molecule has 1 N–H and O–H groups in total. The highest BCUT2D eigenvalue weighted by Gasteiger charge is 2.80. The first-order chi connectivity index (χ1) is 21.2. The van der Waals surface area contributed by atoms with Gasteiger partial charge in [0.25, 0.3) is 0 Å². The number of ether oxygens (including phenoxy) is 2. The molecule has 0 radical (unpaired) electrons. The molecule has 7 atom stereocenters. The number of likely N-dealkylation sites (tertiary alicyclic amines) is 1. The number of carbonyl (C=O) groups is 3. The van der Waals surface area contributed by atoms with Crippen molar-refractivity contribution >= 4 is 28.8 Å². The fourth-order valence-corrected chi connectivity index (χ4v) is 7.81. The van der Waals surface area contributed by atoms with Crippen molar-refractivity contribution in [2.24, 2.45) is 17.8 Å². The van der Waals surface area contributed by atoms with Crippen molar-refractivity contribution < 1.29 is 29.0 Å². The van der Waals surface area contributed by atoms with Gasteiger partial charge in [-0.2, -0.15) is 0 Å². The van der Waals surface area contributed by atoms with Crippen LogP contribution in [-0.2, 0) is 36.9 Å². The molecular formula is C33H39N5O6. The Bertz CT molecular complexity index is 1580. The number of aliphatic hydroxyl groups excluding tert-OH is 1. The number of amides is 2. The van der Waals surface area contributed by atoms with E-state index in [-0.39, 0.29) is 44.2 Å². The highest BCUT2D eigenvalue weighted by atomic mass is 16.6. The third-order valence-corrected chi connectivity index (χ3v) is 9.83. The van der Waals surface area contributed by atoms with Gasteiger partial charge in [0.15, 0.2) is 0 Å². The average molecular weight is 602 g/mol. The normalized spacial score (nSPS) is 29.5. The molecule has 3 fully saturated rings. The van der Waals surface area contributed by atoms with Gasteiger partial charge in [0.05, 0.1) is 36.3 Å². The molecule has 11 nitrogen and oxygen atoms in total. The van der Waals surface area contributed by atoms with Crippen molar-refractivity contribution in [1.29, 1.82) is 0 Å². The lowest BCUT2D eigenvalue weighted by atomic mass is 9.62. The summed E-state index contributed by atoms with van der Waals surface area (Å²) in [6, 6.07) is 15.2. The van der Waals surface area contributed by atoms with E-state index in [2.05, 4.69) is 16.9 Å². The van der Waals surface area contributed by atoms with Gasteiger partial charge in [0.1, 0.15) is 29.7 Å². The second kappa shape index (κ2) is 11.4. The number of carbonyl (C=O) groups excluding carboxylic acids is 3. The molecule has 3 unspecified atom stereocenters. The summed E-state index contributed by atoms with van der Waals surface area (Å²) >= 11 is 0. The molecule has 3 aromatic rings. The van der Waals surface area contributed by atoms with Crippen molar-refractivity contribution in [1.82, 2.24) is 24.8 Å². The van der Waals surface area contributed by atoms with Crippen molar-refractivity contribution in [3.63, 3.8) is 0 Å². The first-order valence-electron chi connectivity index (χ1n) is 15.2. The van der Waals surface area contributed by atoms with E-state index in [0.717, 1.165) is 11.1 Å². The third-order valence-electron chi connectivity index (χ3n) is 9.83. The van der Waals surface area contributed by atoms with E-state index in [0.29, 0.717) is 18.4 Å². The topological polar surface area (TPSA) is 127 Å². The predicted molar refractivity (Wildman–Crippen MR) is 161 cm³/mol. The Labute approximate surface area is 256 Å². The summed E-state index contributed by atoms with van der Waals surface area (Å²) in [5, 5.41) is 19.3. The van der Waals surface area contributed by atoms with Crippen LogP contribution in [0.2, 0.25) is 0 Å². The molecule has 3 aliphatic rings. The Balaban J connectivity index is 1.45. The van der Waals surface area contributed by atoms with E-state index in [4.69, 9.17) is 9.47 Å². The lowest BCUT2D eigenvalue weighted by molar-refractivity contribution is -0.163. The van der Waals surface area contributed by atoms with E-state index < -0.39 is 41.1 Å². The minimum absolute atomic E-state index is 0.0568. The number of hydrogen-bond donors (Lipinski definition) is 1.